The quantitative estimate of drug-likeness (QED) is 0.510. The number of rotatable bonds is 1. The lowest BCUT2D eigenvalue weighted by molar-refractivity contribution is 0.267. The van der Waals surface area contributed by atoms with Gasteiger partial charge in [-0.15, -0.1) is 0 Å². The molecule has 1 aliphatic rings. The van der Waals surface area contributed by atoms with Gasteiger partial charge in [0.15, 0.2) is 0 Å². The highest BCUT2D eigenvalue weighted by atomic mass is 31.0. The van der Waals surface area contributed by atoms with Crippen molar-refractivity contribution in [2.75, 3.05) is 6.54 Å². The van der Waals surface area contributed by atoms with E-state index in [2.05, 4.69) is 21.0 Å². The lowest BCUT2D eigenvalue weighted by Crippen LogP contribution is -2.30. The highest BCUT2D eigenvalue weighted by Gasteiger charge is 2.15. The molecule has 0 aromatic rings. The Morgan fingerprint density at radius 2 is 2.33 bits per heavy atom. The Balaban J connectivity index is 2.30. The SMILES string of the molecule is CCC1CCCCN1P. The lowest BCUT2D eigenvalue weighted by atomic mass is 10.0. The van der Waals surface area contributed by atoms with Crippen molar-refractivity contribution in [3.05, 3.63) is 0 Å². The maximum Gasteiger partial charge on any atom is 0.0127 e. The summed E-state index contributed by atoms with van der Waals surface area (Å²) in [4.78, 5) is 0. The van der Waals surface area contributed by atoms with Gasteiger partial charge in [-0.2, -0.15) is 0 Å². The van der Waals surface area contributed by atoms with E-state index in [-0.39, 0.29) is 0 Å². The van der Waals surface area contributed by atoms with Gasteiger partial charge in [0.05, 0.1) is 0 Å². The van der Waals surface area contributed by atoms with E-state index in [1.807, 2.05) is 0 Å². The second kappa shape index (κ2) is 3.53. The summed E-state index contributed by atoms with van der Waals surface area (Å²) in [5.41, 5.74) is 0. The van der Waals surface area contributed by atoms with Gasteiger partial charge in [0.25, 0.3) is 0 Å². The predicted octanol–water partition coefficient (Wildman–Crippen LogP) is 2.04. The molecule has 1 heterocycles. The van der Waals surface area contributed by atoms with E-state index in [4.69, 9.17) is 0 Å². The van der Waals surface area contributed by atoms with Gasteiger partial charge >= 0.3 is 0 Å². The second-order valence-corrected chi connectivity index (χ2v) is 3.46. The van der Waals surface area contributed by atoms with Crippen LogP contribution in [-0.2, 0) is 0 Å². The maximum absolute atomic E-state index is 2.82. The molecule has 1 rings (SSSR count). The van der Waals surface area contributed by atoms with Crippen LogP contribution in [-0.4, -0.2) is 17.3 Å². The largest absolute Gasteiger partial charge is 0.284 e. The van der Waals surface area contributed by atoms with E-state index < -0.39 is 0 Å². The zero-order valence-corrected chi connectivity index (χ0v) is 7.29. The van der Waals surface area contributed by atoms with Gasteiger partial charge < -0.3 is 0 Å². The van der Waals surface area contributed by atoms with Crippen molar-refractivity contribution in [1.29, 1.82) is 0 Å². The summed E-state index contributed by atoms with van der Waals surface area (Å²) in [6, 6.07) is 0.851. The second-order valence-electron chi connectivity index (χ2n) is 2.80. The molecule has 0 bridgehead atoms. The minimum absolute atomic E-state index is 0.851. The van der Waals surface area contributed by atoms with E-state index in [0.29, 0.717) is 0 Å². The molecule has 9 heavy (non-hydrogen) atoms. The fourth-order valence-corrected chi connectivity index (χ4v) is 2.00. The van der Waals surface area contributed by atoms with Gasteiger partial charge in [0.1, 0.15) is 0 Å². The molecule has 2 heteroatoms. The Morgan fingerprint density at radius 3 is 2.78 bits per heavy atom. The van der Waals surface area contributed by atoms with E-state index in [9.17, 15) is 0 Å². The first-order chi connectivity index (χ1) is 4.34. The average Bonchev–Trinajstić information content (AvgIpc) is 1.89. The van der Waals surface area contributed by atoms with Crippen molar-refractivity contribution in [2.24, 2.45) is 0 Å². The van der Waals surface area contributed by atoms with Crippen molar-refractivity contribution >= 4 is 9.39 Å². The number of hydrogen-bond donors (Lipinski definition) is 0. The smallest absolute Gasteiger partial charge is 0.0127 e. The molecule has 0 radical (unpaired) electrons. The van der Waals surface area contributed by atoms with Crippen LogP contribution in [0.2, 0.25) is 0 Å². The molecule has 1 nitrogen and oxygen atoms in total. The normalized spacial score (nSPS) is 30.7. The monoisotopic (exact) mass is 145 g/mol. The van der Waals surface area contributed by atoms with Gasteiger partial charge in [-0.25, -0.2) is 0 Å². The summed E-state index contributed by atoms with van der Waals surface area (Å²) >= 11 is 0. The molecule has 0 aromatic heterocycles. The van der Waals surface area contributed by atoms with Crippen LogP contribution in [0.3, 0.4) is 0 Å². The molecule has 0 aromatic carbocycles. The standard InChI is InChI=1S/C7H16NP/c1-2-7-5-3-4-6-8(7)9/h7H,2-6,9H2,1H3. The molecule has 0 N–H and O–H groups in total. The highest BCUT2D eigenvalue weighted by molar-refractivity contribution is 7.13. The summed E-state index contributed by atoms with van der Waals surface area (Å²) in [6.07, 6.45) is 5.53. The fraction of sp³-hybridized carbons (Fsp3) is 1.00. The van der Waals surface area contributed by atoms with Crippen molar-refractivity contribution in [3.63, 3.8) is 0 Å². The summed E-state index contributed by atoms with van der Waals surface area (Å²) in [7, 11) is 2.82. The summed E-state index contributed by atoms with van der Waals surface area (Å²) < 4.78 is 2.41. The Morgan fingerprint density at radius 1 is 1.56 bits per heavy atom. The van der Waals surface area contributed by atoms with Crippen LogP contribution in [0.25, 0.3) is 0 Å². The Labute approximate surface area is 60.1 Å². The van der Waals surface area contributed by atoms with E-state index >= 15 is 0 Å². The van der Waals surface area contributed by atoms with Crippen LogP contribution in [0.4, 0.5) is 0 Å². The molecule has 0 saturated carbocycles. The first kappa shape index (κ1) is 7.50. The van der Waals surface area contributed by atoms with Crippen LogP contribution in [0.1, 0.15) is 32.6 Å². The molecule has 2 atom stereocenters. The molecule has 54 valence electrons. The Hall–Kier alpha value is 0.390. The van der Waals surface area contributed by atoms with E-state index in [1.165, 1.54) is 32.2 Å². The molecule has 0 amide bonds. The summed E-state index contributed by atoms with van der Waals surface area (Å²) in [5.74, 6) is 0. The Kier molecular flexibility index (Phi) is 2.94. The molecular weight excluding hydrogens is 129 g/mol. The average molecular weight is 145 g/mol. The third-order valence-electron chi connectivity index (χ3n) is 2.14. The maximum atomic E-state index is 2.82. The van der Waals surface area contributed by atoms with E-state index in [1.54, 1.807) is 0 Å². The van der Waals surface area contributed by atoms with Gasteiger partial charge in [-0.05, 0) is 19.3 Å². The zero-order valence-electron chi connectivity index (χ0n) is 6.14. The molecular formula is C7H16NP. The van der Waals surface area contributed by atoms with Crippen LogP contribution in [0.15, 0.2) is 0 Å². The summed E-state index contributed by atoms with van der Waals surface area (Å²) in [6.45, 7) is 3.55. The highest BCUT2D eigenvalue weighted by Crippen LogP contribution is 2.21. The van der Waals surface area contributed by atoms with Gasteiger partial charge in [0.2, 0.25) is 0 Å². The van der Waals surface area contributed by atoms with Crippen molar-refractivity contribution in [2.45, 2.75) is 38.6 Å². The van der Waals surface area contributed by atoms with Crippen LogP contribution in [0.5, 0.6) is 0 Å². The topological polar surface area (TPSA) is 3.24 Å². The van der Waals surface area contributed by atoms with Crippen LogP contribution < -0.4 is 0 Å². The lowest BCUT2D eigenvalue weighted by Gasteiger charge is -2.31. The van der Waals surface area contributed by atoms with Crippen LogP contribution in [0, 0.1) is 0 Å². The molecule has 2 unspecified atom stereocenters. The van der Waals surface area contributed by atoms with Gasteiger partial charge in [-0.3, -0.25) is 4.67 Å². The predicted molar refractivity (Wildman–Crippen MR) is 44.3 cm³/mol. The first-order valence-corrected chi connectivity index (χ1v) is 4.37. The summed E-state index contributed by atoms with van der Waals surface area (Å²) in [5, 5.41) is 0. The van der Waals surface area contributed by atoms with Crippen molar-refractivity contribution < 1.29 is 0 Å². The number of hydrogen-bond acceptors (Lipinski definition) is 1. The fourth-order valence-electron chi connectivity index (χ4n) is 1.46. The third kappa shape index (κ3) is 1.91. The number of piperidine rings is 1. The Bertz CT molecular complexity index is 85.0. The minimum atomic E-state index is 0.851. The molecule has 0 spiro atoms. The van der Waals surface area contributed by atoms with Crippen molar-refractivity contribution in [1.82, 2.24) is 4.67 Å². The molecule has 0 aliphatic carbocycles. The van der Waals surface area contributed by atoms with E-state index in [0.717, 1.165) is 6.04 Å². The minimum Gasteiger partial charge on any atom is -0.284 e. The third-order valence-corrected chi connectivity index (χ3v) is 2.82. The number of nitrogens with zero attached hydrogens (tertiary/aromatic N) is 1. The molecule has 1 fully saturated rings. The first-order valence-electron chi connectivity index (χ1n) is 3.86. The molecule has 1 aliphatic heterocycles. The van der Waals surface area contributed by atoms with Gasteiger partial charge in [-0.1, -0.05) is 22.7 Å². The van der Waals surface area contributed by atoms with Crippen molar-refractivity contribution in [3.8, 4) is 0 Å². The molecule has 1 saturated heterocycles. The van der Waals surface area contributed by atoms with Gasteiger partial charge in [0, 0.05) is 12.6 Å². The van der Waals surface area contributed by atoms with Crippen LogP contribution >= 0.6 is 9.39 Å². The zero-order chi connectivity index (χ0) is 6.69.